The lowest BCUT2D eigenvalue weighted by Gasteiger charge is -2.04. The highest BCUT2D eigenvalue weighted by molar-refractivity contribution is 6.01. The van der Waals surface area contributed by atoms with Crippen LogP contribution in [0.25, 0.3) is 10.8 Å². The van der Waals surface area contributed by atoms with Crippen molar-refractivity contribution < 1.29 is 4.79 Å². The van der Waals surface area contributed by atoms with Gasteiger partial charge in [0.15, 0.2) is 5.78 Å². The molecule has 0 saturated heterocycles. The predicted molar refractivity (Wildman–Crippen MR) is 71.4 cm³/mol. The summed E-state index contributed by atoms with van der Waals surface area (Å²) in [6, 6.07) is 14.0. The van der Waals surface area contributed by atoms with E-state index in [4.69, 9.17) is 0 Å². The van der Waals surface area contributed by atoms with E-state index >= 15 is 0 Å². The predicted octanol–water partition coefficient (Wildman–Crippen LogP) is 3.02. The average Bonchev–Trinajstić information content (AvgIpc) is 2.38. The van der Waals surface area contributed by atoms with Gasteiger partial charge in [-0.25, -0.2) is 0 Å². The first-order valence-electron chi connectivity index (χ1n) is 6.04. The molecular weight excluding hydrogens is 210 g/mol. The van der Waals surface area contributed by atoms with Crippen molar-refractivity contribution in [3.63, 3.8) is 0 Å². The maximum atomic E-state index is 11.9. The van der Waals surface area contributed by atoms with Gasteiger partial charge in [0.25, 0.3) is 0 Å². The third-order valence-corrected chi connectivity index (χ3v) is 2.78. The zero-order valence-corrected chi connectivity index (χ0v) is 10.1. The molecule has 2 nitrogen and oxygen atoms in total. The lowest BCUT2D eigenvalue weighted by molar-refractivity contribution is 0.0991. The summed E-state index contributed by atoms with van der Waals surface area (Å²) in [6.07, 6.45) is 1.05. The number of benzene rings is 2. The van der Waals surface area contributed by atoms with Gasteiger partial charge in [-0.2, -0.15) is 0 Å². The second-order valence-electron chi connectivity index (χ2n) is 4.16. The quantitative estimate of drug-likeness (QED) is 0.628. The molecule has 1 N–H and O–H groups in total. The van der Waals surface area contributed by atoms with Gasteiger partial charge >= 0.3 is 0 Å². The van der Waals surface area contributed by atoms with Crippen molar-refractivity contribution in [1.29, 1.82) is 0 Å². The molecule has 0 spiro atoms. The first-order chi connectivity index (χ1) is 8.31. The number of ketones is 1. The number of hydrogen-bond acceptors (Lipinski definition) is 2. The van der Waals surface area contributed by atoms with E-state index in [1.807, 2.05) is 36.4 Å². The molecule has 2 aromatic carbocycles. The summed E-state index contributed by atoms with van der Waals surface area (Å²) in [6.45, 7) is 3.40. The van der Waals surface area contributed by atoms with E-state index in [0.29, 0.717) is 6.54 Å². The van der Waals surface area contributed by atoms with Gasteiger partial charge in [0, 0.05) is 5.56 Å². The van der Waals surface area contributed by atoms with Crippen LogP contribution in [0.1, 0.15) is 23.7 Å². The Labute approximate surface area is 102 Å². The van der Waals surface area contributed by atoms with Crippen LogP contribution in [0.4, 0.5) is 0 Å². The first-order valence-corrected chi connectivity index (χ1v) is 6.04. The molecular formula is C15H17NO. The minimum Gasteiger partial charge on any atom is -0.310 e. The fraction of sp³-hybridized carbons (Fsp3) is 0.267. The number of hydrogen-bond donors (Lipinski definition) is 1. The van der Waals surface area contributed by atoms with Crippen molar-refractivity contribution in [3.8, 4) is 0 Å². The lowest BCUT2D eigenvalue weighted by Crippen LogP contribution is -2.23. The van der Waals surface area contributed by atoms with E-state index in [9.17, 15) is 4.79 Å². The third-order valence-electron chi connectivity index (χ3n) is 2.78. The summed E-state index contributed by atoms with van der Waals surface area (Å²) in [4.78, 5) is 11.9. The van der Waals surface area contributed by atoms with Gasteiger partial charge in [-0.3, -0.25) is 4.79 Å². The molecule has 0 bridgehead atoms. The SMILES string of the molecule is CCCNCC(=O)c1ccc2ccccc2c1. The van der Waals surface area contributed by atoms with Gasteiger partial charge in [-0.1, -0.05) is 43.3 Å². The number of carbonyl (C=O) groups excluding carboxylic acids is 1. The molecule has 2 aromatic rings. The Morgan fingerprint density at radius 1 is 1.12 bits per heavy atom. The van der Waals surface area contributed by atoms with Crippen LogP contribution in [0.5, 0.6) is 0 Å². The monoisotopic (exact) mass is 227 g/mol. The van der Waals surface area contributed by atoms with Crippen LogP contribution < -0.4 is 5.32 Å². The van der Waals surface area contributed by atoms with Crippen LogP contribution in [0.2, 0.25) is 0 Å². The van der Waals surface area contributed by atoms with Crippen molar-refractivity contribution in [3.05, 3.63) is 48.0 Å². The average molecular weight is 227 g/mol. The van der Waals surface area contributed by atoms with Crippen molar-refractivity contribution in [2.45, 2.75) is 13.3 Å². The largest absolute Gasteiger partial charge is 0.310 e. The van der Waals surface area contributed by atoms with Crippen molar-refractivity contribution in [2.24, 2.45) is 0 Å². The molecule has 0 heterocycles. The van der Waals surface area contributed by atoms with E-state index < -0.39 is 0 Å². The minimum atomic E-state index is 0.157. The second-order valence-corrected chi connectivity index (χ2v) is 4.16. The van der Waals surface area contributed by atoms with E-state index in [-0.39, 0.29) is 5.78 Å². The molecule has 2 heteroatoms. The summed E-state index contributed by atoms with van der Waals surface area (Å²) in [5, 5.41) is 5.42. The number of rotatable bonds is 5. The van der Waals surface area contributed by atoms with Crippen molar-refractivity contribution >= 4 is 16.6 Å². The molecule has 0 aliphatic heterocycles. The van der Waals surface area contributed by atoms with E-state index in [2.05, 4.69) is 18.3 Å². The Bertz CT molecular complexity index is 519. The number of nitrogens with one attached hydrogen (secondary N) is 1. The number of Topliss-reactive ketones (excluding diaryl/α,β-unsaturated/α-hetero) is 1. The van der Waals surface area contributed by atoms with E-state index in [1.54, 1.807) is 0 Å². The molecule has 17 heavy (non-hydrogen) atoms. The summed E-state index contributed by atoms with van der Waals surface area (Å²) >= 11 is 0. The van der Waals surface area contributed by atoms with Crippen LogP contribution in [0, 0.1) is 0 Å². The Morgan fingerprint density at radius 2 is 1.88 bits per heavy atom. The van der Waals surface area contributed by atoms with Gasteiger partial charge in [-0.15, -0.1) is 0 Å². The molecule has 0 amide bonds. The van der Waals surface area contributed by atoms with Crippen molar-refractivity contribution in [1.82, 2.24) is 5.32 Å². The van der Waals surface area contributed by atoms with Crippen LogP contribution >= 0.6 is 0 Å². The smallest absolute Gasteiger partial charge is 0.176 e. The molecule has 0 radical (unpaired) electrons. The Kier molecular flexibility index (Phi) is 3.89. The molecule has 0 saturated carbocycles. The van der Waals surface area contributed by atoms with Crippen LogP contribution in [0.15, 0.2) is 42.5 Å². The Morgan fingerprint density at radius 3 is 2.65 bits per heavy atom. The van der Waals surface area contributed by atoms with Gasteiger partial charge < -0.3 is 5.32 Å². The highest BCUT2D eigenvalue weighted by atomic mass is 16.1. The Hall–Kier alpha value is -1.67. The number of fused-ring (bicyclic) bond motifs is 1. The molecule has 0 unspecified atom stereocenters. The molecule has 0 atom stereocenters. The minimum absolute atomic E-state index is 0.157. The van der Waals surface area contributed by atoms with Crippen LogP contribution in [0.3, 0.4) is 0 Å². The fourth-order valence-corrected chi connectivity index (χ4v) is 1.84. The summed E-state index contributed by atoms with van der Waals surface area (Å²) < 4.78 is 0. The highest BCUT2D eigenvalue weighted by Crippen LogP contribution is 2.15. The lowest BCUT2D eigenvalue weighted by atomic mass is 10.0. The molecule has 0 aliphatic rings. The highest BCUT2D eigenvalue weighted by Gasteiger charge is 2.05. The molecule has 0 aromatic heterocycles. The summed E-state index contributed by atoms with van der Waals surface area (Å²) in [7, 11) is 0. The maximum Gasteiger partial charge on any atom is 0.176 e. The third kappa shape index (κ3) is 2.92. The zero-order valence-electron chi connectivity index (χ0n) is 10.1. The molecule has 0 aliphatic carbocycles. The van der Waals surface area contributed by atoms with Crippen LogP contribution in [-0.2, 0) is 0 Å². The van der Waals surface area contributed by atoms with E-state index in [1.165, 1.54) is 5.39 Å². The summed E-state index contributed by atoms with van der Waals surface area (Å²) in [5.74, 6) is 0.157. The molecule has 88 valence electrons. The molecule has 0 fully saturated rings. The molecule has 2 rings (SSSR count). The summed E-state index contributed by atoms with van der Waals surface area (Å²) in [5.41, 5.74) is 0.785. The van der Waals surface area contributed by atoms with Gasteiger partial charge in [0.05, 0.1) is 6.54 Å². The van der Waals surface area contributed by atoms with E-state index in [0.717, 1.165) is 23.9 Å². The number of carbonyl (C=O) groups is 1. The van der Waals surface area contributed by atoms with Crippen LogP contribution in [-0.4, -0.2) is 18.9 Å². The van der Waals surface area contributed by atoms with Gasteiger partial charge in [-0.05, 0) is 29.8 Å². The first kappa shape index (κ1) is 11.8. The van der Waals surface area contributed by atoms with Crippen molar-refractivity contribution in [2.75, 3.05) is 13.1 Å². The van der Waals surface area contributed by atoms with Gasteiger partial charge in [0.1, 0.15) is 0 Å². The fourth-order valence-electron chi connectivity index (χ4n) is 1.84. The van der Waals surface area contributed by atoms with Gasteiger partial charge in [0.2, 0.25) is 0 Å². The standard InChI is InChI=1S/C15H17NO/c1-2-9-16-11-15(17)14-8-7-12-5-3-4-6-13(12)10-14/h3-8,10,16H,2,9,11H2,1H3. The Balaban J connectivity index is 2.15. The zero-order chi connectivity index (χ0) is 12.1. The maximum absolute atomic E-state index is 11.9. The second kappa shape index (κ2) is 5.60. The normalized spacial score (nSPS) is 10.6. The topological polar surface area (TPSA) is 29.1 Å².